The van der Waals surface area contributed by atoms with Crippen LogP contribution in [0.4, 0.5) is 11.4 Å². The maximum absolute atomic E-state index is 13.1. The quantitative estimate of drug-likeness (QED) is 0.753. The number of ether oxygens (including phenoxy) is 2. The van der Waals surface area contributed by atoms with E-state index in [9.17, 15) is 9.59 Å². The van der Waals surface area contributed by atoms with Gasteiger partial charge in [-0.15, -0.1) is 0 Å². The summed E-state index contributed by atoms with van der Waals surface area (Å²) in [4.78, 5) is 29.9. The summed E-state index contributed by atoms with van der Waals surface area (Å²) in [6, 6.07) is 13.7. The van der Waals surface area contributed by atoms with Gasteiger partial charge in [0.2, 0.25) is 5.91 Å². The Hall–Kier alpha value is -3.06. The smallest absolute Gasteiger partial charge is 0.265 e. The molecule has 2 aromatic carbocycles. The van der Waals surface area contributed by atoms with E-state index in [2.05, 4.69) is 31.3 Å². The minimum absolute atomic E-state index is 0.0576. The fraction of sp³-hybridized carbons (Fsp3) is 0.440. The van der Waals surface area contributed by atoms with Gasteiger partial charge in [-0.1, -0.05) is 44.2 Å². The fourth-order valence-electron chi connectivity index (χ4n) is 4.33. The molecule has 170 valence electrons. The summed E-state index contributed by atoms with van der Waals surface area (Å²) in [6.45, 7) is 6.86. The van der Waals surface area contributed by atoms with E-state index in [1.165, 1.54) is 0 Å². The SMILES string of the molecule is CCc1cccc(CC)c1NC(=O)CN1C[C@@H](C(=O)N2CCOCC2)Oc2ccccc21. The highest BCUT2D eigenvalue weighted by atomic mass is 16.5. The van der Waals surface area contributed by atoms with Crippen molar-refractivity contribution < 1.29 is 19.1 Å². The highest BCUT2D eigenvalue weighted by Gasteiger charge is 2.34. The number of para-hydroxylation sites is 3. The van der Waals surface area contributed by atoms with Crippen LogP contribution in [-0.4, -0.2) is 62.2 Å². The normalized spacial score (nSPS) is 18.0. The Bertz CT molecular complexity index is 949. The molecule has 0 radical (unpaired) electrons. The molecule has 7 heteroatoms. The minimum atomic E-state index is -0.648. The number of hydrogen-bond acceptors (Lipinski definition) is 5. The van der Waals surface area contributed by atoms with E-state index in [1.54, 1.807) is 4.90 Å². The molecule has 32 heavy (non-hydrogen) atoms. The number of carbonyl (C=O) groups is 2. The van der Waals surface area contributed by atoms with E-state index in [0.29, 0.717) is 38.6 Å². The molecule has 7 nitrogen and oxygen atoms in total. The van der Waals surface area contributed by atoms with Gasteiger partial charge in [0.1, 0.15) is 5.75 Å². The van der Waals surface area contributed by atoms with Crippen LogP contribution < -0.4 is 15.0 Å². The van der Waals surface area contributed by atoms with Crippen LogP contribution in [0.2, 0.25) is 0 Å². The van der Waals surface area contributed by atoms with Crippen LogP contribution in [0.5, 0.6) is 5.75 Å². The fourth-order valence-corrected chi connectivity index (χ4v) is 4.33. The molecule has 2 aliphatic heterocycles. The molecule has 0 spiro atoms. The lowest BCUT2D eigenvalue weighted by Gasteiger charge is -2.38. The number of carbonyl (C=O) groups excluding carboxylic acids is 2. The van der Waals surface area contributed by atoms with Gasteiger partial charge in [-0.2, -0.15) is 0 Å². The highest BCUT2D eigenvalue weighted by Crippen LogP contribution is 2.33. The predicted molar refractivity (Wildman–Crippen MR) is 124 cm³/mol. The number of rotatable bonds is 6. The zero-order valence-electron chi connectivity index (χ0n) is 18.8. The Labute approximate surface area is 189 Å². The molecule has 0 aromatic heterocycles. The van der Waals surface area contributed by atoms with Gasteiger partial charge in [-0.05, 0) is 36.1 Å². The lowest BCUT2D eigenvalue weighted by molar-refractivity contribution is -0.142. The van der Waals surface area contributed by atoms with Crippen LogP contribution in [0, 0.1) is 0 Å². The monoisotopic (exact) mass is 437 g/mol. The molecule has 2 aliphatic rings. The first-order valence-electron chi connectivity index (χ1n) is 11.4. The van der Waals surface area contributed by atoms with Gasteiger partial charge in [0, 0.05) is 18.8 Å². The van der Waals surface area contributed by atoms with E-state index in [0.717, 1.165) is 35.3 Å². The molecule has 0 aliphatic carbocycles. The average Bonchev–Trinajstić information content (AvgIpc) is 2.84. The number of benzene rings is 2. The molecular weight excluding hydrogens is 406 g/mol. The lowest BCUT2D eigenvalue weighted by atomic mass is 10.0. The number of hydrogen-bond donors (Lipinski definition) is 1. The number of anilines is 2. The van der Waals surface area contributed by atoms with Crippen molar-refractivity contribution in [2.45, 2.75) is 32.8 Å². The largest absolute Gasteiger partial charge is 0.477 e. The number of amides is 2. The summed E-state index contributed by atoms with van der Waals surface area (Å²) in [5.74, 6) is 0.467. The Morgan fingerprint density at radius 3 is 2.38 bits per heavy atom. The molecule has 1 fully saturated rings. The number of aryl methyl sites for hydroxylation is 2. The maximum Gasteiger partial charge on any atom is 0.265 e. The molecule has 0 unspecified atom stereocenters. The first-order valence-corrected chi connectivity index (χ1v) is 11.4. The van der Waals surface area contributed by atoms with Crippen molar-refractivity contribution in [3.63, 3.8) is 0 Å². The van der Waals surface area contributed by atoms with Gasteiger partial charge in [0.15, 0.2) is 6.10 Å². The predicted octanol–water partition coefficient (Wildman–Crippen LogP) is 2.88. The summed E-state index contributed by atoms with van der Waals surface area (Å²) < 4.78 is 11.4. The van der Waals surface area contributed by atoms with E-state index >= 15 is 0 Å². The van der Waals surface area contributed by atoms with Gasteiger partial charge in [0.25, 0.3) is 5.91 Å². The van der Waals surface area contributed by atoms with Gasteiger partial charge in [-0.25, -0.2) is 0 Å². The molecule has 1 N–H and O–H groups in total. The molecule has 0 saturated carbocycles. The third kappa shape index (κ3) is 4.72. The Kier molecular flexibility index (Phi) is 6.95. The van der Waals surface area contributed by atoms with Crippen LogP contribution in [0.15, 0.2) is 42.5 Å². The van der Waals surface area contributed by atoms with Gasteiger partial charge >= 0.3 is 0 Å². The lowest BCUT2D eigenvalue weighted by Crippen LogP contribution is -2.53. The van der Waals surface area contributed by atoms with Crippen LogP contribution in [0.3, 0.4) is 0 Å². The number of morpholine rings is 1. The Morgan fingerprint density at radius 1 is 1.00 bits per heavy atom. The van der Waals surface area contributed by atoms with Crippen molar-refractivity contribution in [1.82, 2.24) is 4.90 Å². The summed E-state index contributed by atoms with van der Waals surface area (Å²) in [7, 11) is 0. The molecule has 0 bridgehead atoms. The van der Waals surface area contributed by atoms with Crippen LogP contribution in [0.1, 0.15) is 25.0 Å². The standard InChI is InChI=1S/C25H31N3O4/c1-3-18-8-7-9-19(4-2)24(18)26-23(29)17-28-16-22(25(30)27-12-14-31-15-13-27)32-21-11-6-5-10-20(21)28/h5-11,22H,3-4,12-17H2,1-2H3,(H,26,29)/t22-/m0/s1. The second kappa shape index (κ2) is 10.0. The van der Waals surface area contributed by atoms with Crippen LogP contribution in [-0.2, 0) is 27.2 Å². The van der Waals surface area contributed by atoms with E-state index in [1.807, 2.05) is 35.2 Å². The van der Waals surface area contributed by atoms with Crippen molar-refractivity contribution in [3.05, 3.63) is 53.6 Å². The molecule has 2 heterocycles. The zero-order chi connectivity index (χ0) is 22.5. The first-order chi connectivity index (χ1) is 15.6. The molecule has 1 atom stereocenters. The first kappa shape index (κ1) is 22.1. The Balaban J connectivity index is 1.52. The number of nitrogens with zero attached hydrogens (tertiary/aromatic N) is 2. The molecule has 1 saturated heterocycles. The van der Waals surface area contributed by atoms with Gasteiger partial charge in [-0.3, -0.25) is 9.59 Å². The van der Waals surface area contributed by atoms with Crippen molar-refractivity contribution in [2.75, 3.05) is 49.6 Å². The minimum Gasteiger partial charge on any atom is -0.477 e. The molecule has 4 rings (SSSR count). The maximum atomic E-state index is 13.1. The van der Waals surface area contributed by atoms with Crippen molar-refractivity contribution in [1.29, 1.82) is 0 Å². The third-order valence-electron chi connectivity index (χ3n) is 6.06. The summed E-state index contributed by atoms with van der Waals surface area (Å²) in [5, 5.41) is 3.13. The second-order valence-corrected chi connectivity index (χ2v) is 8.10. The van der Waals surface area contributed by atoms with Crippen LogP contribution >= 0.6 is 0 Å². The average molecular weight is 438 g/mol. The van der Waals surface area contributed by atoms with Crippen molar-refractivity contribution in [2.24, 2.45) is 0 Å². The third-order valence-corrected chi connectivity index (χ3v) is 6.06. The van der Waals surface area contributed by atoms with E-state index in [4.69, 9.17) is 9.47 Å². The summed E-state index contributed by atoms with van der Waals surface area (Å²) >= 11 is 0. The summed E-state index contributed by atoms with van der Waals surface area (Å²) in [5.41, 5.74) is 3.99. The van der Waals surface area contributed by atoms with Gasteiger partial charge < -0.3 is 24.6 Å². The molecular formula is C25H31N3O4. The van der Waals surface area contributed by atoms with Crippen molar-refractivity contribution >= 4 is 23.2 Å². The topological polar surface area (TPSA) is 71.1 Å². The number of fused-ring (bicyclic) bond motifs is 1. The summed E-state index contributed by atoms with van der Waals surface area (Å²) in [6.07, 6.45) is 1.05. The zero-order valence-corrected chi connectivity index (χ0v) is 18.8. The van der Waals surface area contributed by atoms with E-state index < -0.39 is 6.10 Å². The van der Waals surface area contributed by atoms with E-state index in [-0.39, 0.29) is 18.4 Å². The number of nitrogens with one attached hydrogen (secondary N) is 1. The highest BCUT2D eigenvalue weighted by molar-refractivity contribution is 5.96. The van der Waals surface area contributed by atoms with Crippen LogP contribution in [0.25, 0.3) is 0 Å². The molecule has 2 amide bonds. The molecule has 2 aromatic rings. The van der Waals surface area contributed by atoms with Gasteiger partial charge in [0.05, 0.1) is 32.0 Å². The van der Waals surface area contributed by atoms with Crippen molar-refractivity contribution in [3.8, 4) is 5.75 Å². The second-order valence-electron chi connectivity index (χ2n) is 8.10. The Morgan fingerprint density at radius 2 is 1.69 bits per heavy atom.